The Hall–Kier alpha value is -3.08. The van der Waals surface area contributed by atoms with E-state index in [1.807, 2.05) is 50.2 Å². The van der Waals surface area contributed by atoms with Crippen molar-refractivity contribution in [3.05, 3.63) is 64.8 Å². The molecule has 0 bridgehead atoms. The van der Waals surface area contributed by atoms with E-state index in [0.29, 0.717) is 29.8 Å². The predicted molar refractivity (Wildman–Crippen MR) is 106 cm³/mol. The molecule has 0 spiro atoms. The first-order valence-electron chi connectivity index (χ1n) is 9.13. The van der Waals surface area contributed by atoms with Crippen LogP contribution >= 0.6 is 0 Å². The minimum absolute atomic E-state index is 0.0629. The number of ether oxygens (including phenoxy) is 1. The molecule has 0 saturated carbocycles. The maximum absolute atomic E-state index is 13.1. The first-order valence-corrected chi connectivity index (χ1v) is 9.13. The molecule has 1 aromatic heterocycles. The van der Waals surface area contributed by atoms with Crippen molar-refractivity contribution in [1.29, 1.82) is 0 Å². The van der Waals surface area contributed by atoms with Crippen LogP contribution in [0, 0.1) is 0 Å². The molecule has 5 nitrogen and oxygen atoms in total. The minimum atomic E-state index is -0.795. The van der Waals surface area contributed by atoms with E-state index < -0.39 is 6.10 Å². The summed E-state index contributed by atoms with van der Waals surface area (Å²) < 4.78 is 11.9. The highest BCUT2D eigenvalue weighted by atomic mass is 16.5. The molecule has 140 valence electrons. The standard InChI is InChI=1S/C22H23NO4/c1-4-23(5-2)22(25)15(3)26-21-19(24)17-13-9-10-14-18(17)27-20(21)16-11-7-6-8-12-16/h6-15H,4-5H2,1-3H3. The Kier molecular flexibility index (Phi) is 5.60. The SMILES string of the molecule is CCN(CC)C(=O)C(C)Oc1c(-c2ccccc2)oc2ccccc2c1=O. The van der Waals surface area contributed by atoms with Crippen LogP contribution in [0.25, 0.3) is 22.3 Å². The van der Waals surface area contributed by atoms with Crippen LogP contribution in [0.2, 0.25) is 0 Å². The average Bonchev–Trinajstić information content (AvgIpc) is 2.71. The Labute approximate surface area is 158 Å². The molecule has 3 aromatic rings. The van der Waals surface area contributed by atoms with Gasteiger partial charge in [0.1, 0.15) is 5.58 Å². The maximum Gasteiger partial charge on any atom is 0.263 e. The predicted octanol–water partition coefficient (Wildman–Crippen LogP) is 4.10. The second-order valence-corrected chi connectivity index (χ2v) is 6.22. The van der Waals surface area contributed by atoms with Gasteiger partial charge in [-0.25, -0.2) is 0 Å². The summed E-state index contributed by atoms with van der Waals surface area (Å²) in [5, 5.41) is 0.426. The van der Waals surface area contributed by atoms with E-state index in [2.05, 4.69) is 0 Å². The van der Waals surface area contributed by atoms with Crippen LogP contribution in [-0.4, -0.2) is 30.0 Å². The van der Waals surface area contributed by atoms with Crippen LogP contribution < -0.4 is 10.2 Å². The monoisotopic (exact) mass is 365 g/mol. The lowest BCUT2D eigenvalue weighted by Crippen LogP contribution is -2.40. The topological polar surface area (TPSA) is 59.8 Å². The van der Waals surface area contributed by atoms with E-state index in [0.717, 1.165) is 5.56 Å². The molecule has 0 radical (unpaired) electrons. The molecule has 1 amide bonds. The van der Waals surface area contributed by atoms with Gasteiger partial charge in [-0.05, 0) is 32.9 Å². The highest BCUT2D eigenvalue weighted by molar-refractivity contribution is 5.83. The number of carbonyl (C=O) groups excluding carboxylic acids is 1. The van der Waals surface area contributed by atoms with Crippen LogP contribution in [-0.2, 0) is 4.79 Å². The second-order valence-electron chi connectivity index (χ2n) is 6.22. The summed E-state index contributed by atoms with van der Waals surface area (Å²) in [6, 6.07) is 16.3. The first-order chi connectivity index (χ1) is 13.1. The van der Waals surface area contributed by atoms with Crippen molar-refractivity contribution < 1.29 is 13.9 Å². The number of para-hydroxylation sites is 1. The van der Waals surface area contributed by atoms with Crippen LogP contribution in [0.15, 0.2) is 63.8 Å². The third kappa shape index (κ3) is 3.72. The lowest BCUT2D eigenvalue weighted by Gasteiger charge is -2.23. The quantitative estimate of drug-likeness (QED) is 0.660. The average molecular weight is 365 g/mol. The summed E-state index contributed by atoms with van der Waals surface area (Å²) in [5.74, 6) is 0.234. The minimum Gasteiger partial charge on any atom is -0.473 e. The Balaban J connectivity index is 2.11. The molecule has 5 heteroatoms. The molecule has 0 aliphatic heterocycles. The van der Waals surface area contributed by atoms with Crippen LogP contribution in [0.5, 0.6) is 5.75 Å². The van der Waals surface area contributed by atoms with Gasteiger partial charge in [0.15, 0.2) is 11.9 Å². The largest absolute Gasteiger partial charge is 0.473 e. The number of fused-ring (bicyclic) bond motifs is 1. The van der Waals surface area contributed by atoms with Crippen molar-refractivity contribution in [3.8, 4) is 17.1 Å². The van der Waals surface area contributed by atoms with Gasteiger partial charge in [-0.1, -0.05) is 42.5 Å². The molecule has 1 unspecified atom stereocenters. The fraction of sp³-hybridized carbons (Fsp3) is 0.273. The maximum atomic E-state index is 13.1. The second kappa shape index (κ2) is 8.08. The van der Waals surface area contributed by atoms with Crippen molar-refractivity contribution in [2.24, 2.45) is 0 Å². The molecule has 0 aliphatic rings. The molecule has 0 saturated heterocycles. The summed E-state index contributed by atoms with van der Waals surface area (Å²) in [4.78, 5) is 27.4. The van der Waals surface area contributed by atoms with E-state index in [4.69, 9.17) is 9.15 Å². The molecule has 27 heavy (non-hydrogen) atoms. The number of benzene rings is 2. The van der Waals surface area contributed by atoms with E-state index in [1.54, 1.807) is 30.0 Å². The third-order valence-electron chi connectivity index (χ3n) is 4.51. The summed E-state index contributed by atoms with van der Waals surface area (Å²) in [7, 11) is 0. The number of nitrogens with zero attached hydrogens (tertiary/aromatic N) is 1. The zero-order chi connectivity index (χ0) is 19.4. The van der Waals surface area contributed by atoms with Crippen molar-refractivity contribution in [2.75, 3.05) is 13.1 Å². The van der Waals surface area contributed by atoms with Crippen molar-refractivity contribution in [2.45, 2.75) is 26.9 Å². The van der Waals surface area contributed by atoms with Gasteiger partial charge in [-0.15, -0.1) is 0 Å². The molecule has 0 aliphatic carbocycles. The van der Waals surface area contributed by atoms with Crippen molar-refractivity contribution in [3.63, 3.8) is 0 Å². The Morgan fingerprint density at radius 2 is 1.67 bits per heavy atom. The fourth-order valence-electron chi connectivity index (χ4n) is 3.03. The highest BCUT2D eigenvalue weighted by Gasteiger charge is 2.25. The van der Waals surface area contributed by atoms with Crippen molar-refractivity contribution in [1.82, 2.24) is 4.90 Å². The van der Waals surface area contributed by atoms with E-state index >= 15 is 0 Å². The molecule has 0 N–H and O–H groups in total. The Bertz CT molecular complexity index is 990. The molecule has 2 aromatic carbocycles. The van der Waals surface area contributed by atoms with Crippen molar-refractivity contribution >= 4 is 16.9 Å². The number of carbonyl (C=O) groups is 1. The normalized spacial score (nSPS) is 12.0. The highest BCUT2D eigenvalue weighted by Crippen LogP contribution is 2.31. The first kappa shape index (κ1) is 18.7. The molecule has 1 atom stereocenters. The summed E-state index contributed by atoms with van der Waals surface area (Å²) in [5.41, 5.74) is 0.921. The van der Waals surface area contributed by atoms with E-state index in [9.17, 15) is 9.59 Å². The van der Waals surface area contributed by atoms with Crippen LogP contribution in [0.1, 0.15) is 20.8 Å². The fourth-order valence-corrected chi connectivity index (χ4v) is 3.03. The molecule has 1 heterocycles. The Morgan fingerprint density at radius 3 is 2.33 bits per heavy atom. The third-order valence-corrected chi connectivity index (χ3v) is 4.51. The lowest BCUT2D eigenvalue weighted by molar-refractivity contribution is -0.137. The summed E-state index contributed by atoms with van der Waals surface area (Å²) in [6.45, 7) is 6.65. The van der Waals surface area contributed by atoms with Gasteiger partial charge < -0.3 is 14.1 Å². The van der Waals surface area contributed by atoms with E-state index in [1.165, 1.54) is 0 Å². The summed E-state index contributed by atoms with van der Waals surface area (Å²) >= 11 is 0. The lowest BCUT2D eigenvalue weighted by atomic mass is 10.1. The number of amides is 1. The van der Waals surface area contributed by atoms with Gasteiger partial charge in [-0.2, -0.15) is 0 Å². The van der Waals surface area contributed by atoms with Gasteiger partial charge in [0.2, 0.25) is 11.2 Å². The molecular formula is C22H23NO4. The molecular weight excluding hydrogens is 342 g/mol. The van der Waals surface area contributed by atoms with Gasteiger partial charge in [0.05, 0.1) is 5.39 Å². The Morgan fingerprint density at radius 1 is 1.04 bits per heavy atom. The van der Waals surface area contributed by atoms with Crippen LogP contribution in [0.4, 0.5) is 0 Å². The smallest absolute Gasteiger partial charge is 0.263 e. The van der Waals surface area contributed by atoms with Gasteiger partial charge in [0.25, 0.3) is 5.91 Å². The number of likely N-dealkylation sites (N-methyl/N-ethyl adjacent to an activating group) is 1. The number of hydrogen-bond donors (Lipinski definition) is 0. The van der Waals surface area contributed by atoms with Crippen LogP contribution in [0.3, 0.4) is 0 Å². The number of hydrogen-bond acceptors (Lipinski definition) is 4. The zero-order valence-corrected chi connectivity index (χ0v) is 15.8. The number of rotatable bonds is 6. The molecule has 0 fully saturated rings. The van der Waals surface area contributed by atoms with E-state index in [-0.39, 0.29) is 17.1 Å². The zero-order valence-electron chi connectivity index (χ0n) is 15.8. The van der Waals surface area contributed by atoms with Gasteiger partial charge in [-0.3, -0.25) is 9.59 Å². The van der Waals surface area contributed by atoms with Gasteiger partial charge in [0, 0.05) is 18.7 Å². The summed E-state index contributed by atoms with van der Waals surface area (Å²) in [6.07, 6.45) is -0.795. The molecule has 3 rings (SSSR count). The van der Waals surface area contributed by atoms with Gasteiger partial charge >= 0.3 is 0 Å².